The number of ether oxygens (including phenoxy) is 1. The summed E-state index contributed by atoms with van der Waals surface area (Å²) in [5, 5.41) is 0.943. The third-order valence-electron chi connectivity index (χ3n) is 2.61. The Kier molecular flexibility index (Phi) is 5.96. The van der Waals surface area contributed by atoms with Gasteiger partial charge >= 0.3 is 0 Å². The Labute approximate surface area is 101 Å². The number of alkyl halides is 1. The van der Waals surface area contributed by atoms with Gasteiger partial charge in [-0.05, 0) is 42.9 Å². The molecule has 1 aromatic carbocycles. The minimum Gasteiger partial charge on any atom is -0.385 e. The zero-order chi connectivity index (χ0) is 11.1. The zero-order valence-electron chi connectivity index (χ0n) is 9.55. The molecule has 84 valence electrons. The second kappa shape index (κ2) is 7.02. The van der Waals surface area contributed by atoms with Crippen molar-refractivity contribution in [1.82, 2.24) is 0 Å². The fraction of sp³-hybridized carbons (Fsp3) is 0.538. The highest BCUT2D eigenvalue weighted by Gasteiger charge is 2.00. The van der Waals surface area contributed by atoms with Gasteiger partial charge < -0.3 is 4.74 Å². The molecule has 0 radical (unpaired) electrons. The van der Waals surface area contributed by atoms with Crippen LogP contribution in [-0.4, -0.2) is 13.7 Å². The average molecular weight is 271 g/mol. The summed E-state index contributed by atoms with van der Waals surface area (Å²) in [5.74, 6) is 0. The first kappa shape index (κ1) is 12.7. The maximum atomic E-state index is 5.05. The average Bonchev–Trinajstić information content (AvgIpc) is 2.26. The second-order valence-corrected chi connectivity index (χ2v) is 4.41. The molecule has 15 heavy (non-hydrogen) atoms. The molecule has 0 fully saturated rings. The molecule has 1 rings (SSSR count). The molecule has 1 aromatic rings. The van der Waals surface area contributed by atoms with Crippen LogP contribution in [0.4, 0.5) is 0 Å². The van der Waals surface area contributed by atoms with Crippen molar-refractivity contribution in [1.29, 1.82) is 0 Å². The largest absolute Gasteiger partial charge is 0.385 e. The standard InChI is InChI=1S/C13H19BrO/c1-11-6-7-12(10-14)9-13(11)5-3-4-8-15-2/h6-7,9H,3-5,8,10H2,1-2H3. The monoisotopic (exact) mass is 270 g/mol. The molecule has 2 heteroatoms. The molecule has 0 aliphatic heterocycles. The first-order valence-corrected chi connectivity index (χ1v) is 6.53. The number of unbranched alkanes of at least 4 members (excludes halogenated alkanes) is 1. The van der Waals surface area contributed by atoms with Gasteiger partial charge in [0.15, 0.2) is 0 Å². The van der Waals surface area contributed by atoms with Gasteiger partial charge in [-0.3, -0.25) is 0 Å². The van der Waals surface area contributed by atoms with E-state index in [1.807, 2.05) is 0 Å². The smallest absolute Gasteiger partial charge is 0.0462 e. The van der Waals surface area contributed by atoms with Gasteiger partial charge in [0.25, 0.3) is 0 Å². The molecule has 0 heterocycles. The van der Waals surface area contributed by atoms with Crippen molar-refractivity contribution >= 4 is 15.9 Å². The lowest BCUT2D eigenvalue weighted by Crippen LogP contribution is -1.94. The van der Waals surface area contributed by atoms with Crippen molar-refractivity contribution in [3.63, 3.8) is 0 Å². The van der Waals surface area contributed by atoms with Gasteiger partial charge in [0.2, 0.25) is 0 Å². The molecular weight excluding hydrogens is 252 g/mol. The van der Waals surface area contributed by atoms with Crippen LogP contribution >= 0.6 is 15.9 Å². The summed E-state index contributed by atoms with van der Waals surface area (Å²) in [5.41, 5.74) is 4.24. The highest BCUT2D eigenvalue weighted by Crippen LogP contribution is 2.15. The second-order valence-electron chi connectivity index (χ2n) is 3.84. The van der Waals surface area contributed by atoms with E-state index in [9.17, 15) is 0 Å². The minimum atomic E-state index is 0.872. The third kappa shape index (κ3) is 4.35. The molecule has 0 aliphatic rings. The highest BCUT2D eigenvalue weighted by atomic mass is 79.9. The number of benzene rings is 1. The molecule has 0 saturated heterocycles. The zero-order valence-corrected chi connectivity index (χ0v) is 11.1. The summed E-state index contributed by atoms with van der Waals surface area (Å²) in [6, 6.07) is 6.70. The fourth-order valence-corrected chi connectivity index (χ4v) is 1.99. The lowest BCUT2D eigenvalue weighted by atomic mass is 10.0. The van der Waals surface area contributed by atoms with Crippen LogP contribution in [0.2, 0.25) is 0 Å². The molecule has 0 spiro atoms. The van der Waals surface area contributed by atoms with Crippen molar-refractivity contribution in [3.05, 3.63) is 34.9 Å². The molecule has 0 atom stereocenters. The van der Waals surface area contributed by atoms with Crippen LogP contribution in [0.1, 0.15) is 29.5 Å². The summed E-state index contributed by atoms with van der Waals surface area (Å²) in [7, 11) is 1.76. The predicted octanol–water partition coefficient (Wildman–Crippen LogP) is 3.86. The predicted molar refractivity (Wildman–Crippen MR) is 68.6 cm³/mol. The Balaban J connectivity index is 2.51. The van der Waals surface area contributed by atoms with E-state index in [0.29, 0.717) is 0 Å². The molecule has 0 N–H and O–H groups in total. The van der Waals surface area contributed by atoms with Crippen LogP contribution in [0, 0.1) is 6.92 Å². The van der Waals surface area contributed by atoms with E-state index >= 15 is 0 Å². The minimum absolute atomic E-state index is 0.872. The van der Waals surface area contributed by atoms with Gasteiger partial charge in [0.1, 0.15) is 0 Å². The van der Waals surface area contributed by atoms with E-state index in [-0.39, 0.29) is 0 Å². The third-order valence-corrected chi connectivity index (χ3v) is 3.26. The number of aryl methyl sites for hydroxylation is 2. The van der Waals surface area contributed by atoms with Crippen LogP contribution in [0.5, 0.6) is 0 Å². The summed E-state index contributed by atoms with van der Waals surface area (Å²) >= 11 is 3.49. The quantitative estimate of drug-likeness (QED) is 0.564. The van der Waals surface area contributed by atoms with Crippen LogP contribution < -0.4 is 0 Å². The molecule has 0 aromatic heterocycles. The lowest BCUT2D eigenvalue weighted by molar-refractivity contribution is 0.193. The van der Waals surface area contributed by atoms with Crippen LogP contribution in [0.3, 0.4) is 0 Å². The van der Waals surface area contributed by atoms with Gasteiger partial charge in [0.05, 0.1) is 0 Å². The maximum absolute atomic E-state index is 5.05. The SMILES string of the molecule is COCCCCc1cc(CBr)ccc1C. The van der Waals surface area contributed by atoms with Gasteiger partial charge in [-0.1, -0.05) is 34.1 Å². The Morgan fingerprint density at radius 2 is 2.07 bits per heavy atom. The van der Waals surface area contributed by atoms with Crippen molar-refractivity contribution in [2.75, 3.05) is 13.7 Å². The molecule has 0 unspecified atom stereocenters. The Morgan fingerprint density at radius 1 is 1.27 bits per heavy atom. The van der Waals surface area contributed by atoms with Gasteiger partial charge in [-0.2, -0.15) is 0 Å². The van der Waals surface area contributed by atoms with E-state index in [0.717, 1.165) is 24.8 Å². The Morgan fingerprint density at radius 3 is 2.73 bits per heavy atom. The van der Waals surface area contributed by atoms with Crippen molar-refractivity contribution < 1.29 is 4.74 Å². The first-order valence-electron chi connectivity index (χ1n) is 5.41. The molecule has 0 aliphatic carbocycles. The summed E-state index contributed by atoms with van der Waals surface area (Å²) in [6.07, 6.45) is 3.52. The van der Waals surface area contributed by atoms with E-state index in [1.54, 1.807) is 7.11 Å². The van der Waals surface area contributed by atoms with Gasteiger partial charge in [-0.25, -0.2) is 0 Å². The number of hydrogen-bond donors (Lipinski definition) is 0. The lowest BCUT2D eigenvalue weighted by Gasteiger charge is -2.07. The summed E-state index contributed by atoms with van der Waals surface area (Å²) in [6.45, 7) is 3.06. The summed E-state index contributed by atoms with van der Waals surface area (Å²) < 4.78 is 5.05. The Bertz CT molecular complexity index is 297. The van der Waals surface area contributed by atoms with E-state index in [2.05, 4.69) is 41.1 Å². The number of rotatable bonds is 6. The molecule has 0 amide bonds. The van der Waals surface area contributed by atoms with Crippen LogP contribution in [0.25, 0.3) is 0 Å². The first-order chi connectivity index (χ1) is 7.27. The number of halogens is 1. The van der Waals surface area contributed by atoms with Gasteiger partial charge in [-0.15, -0.1) is 0 Å². The van der Waals surface area contributed by atoms with E-state index < -0.39 is 0 Å². The normalized spacial score (nSPS) is 10.6. The van der Waals surface area contributed by atoms with Crippen molar-refractivity contribution in [3.8, 4) is 0 Å². The van der Waals surface area contributed by atoms with Crippen LogP contribution in [0.15, 0.2) is 18.2 Å². The molecule has 1 nitrogen and oxygen atoms in total. The van der Waals surface area contributed by atoms with Crippen molar-refractivity contribution in [2.24, 2.45) is 0 Å². The van der Waals surface area contributed by atoms with Crippen LogP contribution in [-0.2, 0) is 16.5 Å². The number of methoxy groups -OCH3 is 1. The van der Waals surface area contributed by atoms with Gasteiger partial charge in [0, 0.05) is 19.0 Å². The van der Waals surface area contributed by atoms with E-state index in [1.165, 1.54) is 23.1 Å². The molecule has 0 bridgehead atoms. The highest BCUT2D eigenvalue weighted by molar-refractivity contribution is 9.08. The fourth-order valence-electron chi connectivity index (χ4n) is 1.64. The summed E-state index contributed by atoms with van der Waals surface area (Å²) in [4.78, 5) is 0. The van der Waals surface area contributed by atoms with Crippen molar-refractivity contribution in [2.45, 2.75) is 31.5 Å². The molecule has 0 saturated carbocycles. The maximum Gasteiger partial charge on any atom is 0.0462 e. The topological polar surface area (TPSA) is 9.23 Å². The molecular formula is C13H19BrO. The number of hydrogen-bond acceptors (Lipinski definition) is 1. The Hall–Kier alpha value is -0.340. The van der Waals surface area contributed by atoms with E-state index in [4.69, 9.17) is 4.74 Å².